The molecule has 5 nitrogen and oxygen atoms in total. The molecule has 0 amide bonds. The Balaban J connectivity index is 2.00. The lowest BCUT2D eigenvalue weighted by atomic mass is 9.89. The first-order valence-corrected chi connectivity index (χ1v) is 8.25. The normalized spacial score (nSPS) is 20.0. The minimum absolute atomic E-state index is 0.00109. The van der Waals surface area contributed by atoms with Crippen LogP contribution in [0.1, 0.15) is 24.3 Å². The van der Waals surface area contributed by atoms with Crippen molar-refractivity contribution < 1.29 is 26.7 Å². The molecule has 0 radical (unpaired) electrons. The van der Waals surface area contributed by atoms with Crippen molar-refractivity contribution in [3.05, 3.63) is 29.8 Å². The van der Waals surface area contributed by atoms with Gasteiger partial charge in [0.1, 0.15) is 0 Å². The number of aliphatic hydroxyl groups is 1. The summed E-state index contributed by atoms with van der Waals surface area (Å²) >= 11 is 0. The van der Waals surface area contributed by atoms with E-state index in [2.05, 4.69) is 0 Å². The molecule has 0 saturated carbocycles. The molecule has 2 rings (SSSR count). The lowest BCUT2D eigenvalue weighted by Crippen LogP contribution is -2.48. The third kappa shape index (κ3) is 3.97. The van der Waals surface area contributed by atoms with E-state index in [1.165, 1.54) is 12.1 Å². The number of sulfonamides is 1. The smallest absolute Gasteiger partial charge is 0.370 e. The second-order valence-corrected chi connectivity index (χ2v) is 6.90. The number of piperidine rings is 1. The summed E-state index contributed by atoms with van der Waals surface area (Å²) in [6.45, 7) is 0.255. The number of halogens is 3. The van der Waals surface area contributed by atoms with Gasteiger partial charge in [0.05, 0.1) is 4.90 Å². The summed E-state index contributed by atoms with van der Waals surface area (Å²) < 4.78 is 59.7. The highest BCUT2D eigenvalue weighted by atomic mass is 32.2. The zero-order chi connectivity index (χ0) is 16.5. The molecule has 1 unspecified atom stereocenters. The number of alkyl halides is 3. The average Bonchev–Trinajstić information content (AvgIpc) is 2.45. The van der Waals surface area contributed by atoms with E-state index in [-0.39, 0.29) is 23.9 Å². The van der Waals surface area contributed by atoms with Gasteiger partial charge in [0.15, 0.2) is 0 Å². The van der Waals surface area contributed by atoms with Crippen LogP contribution in [0.3, 0.4) is 0 Å². The molecule has 0 spiro atoms. The SMILES string of the molecule is NS(=O)(=O)c1ccc(C2CCN(C(O)C(F)(F)F)CC2)cc1. The van der Waals surface area contributed by atoms with Gasteiger partial charge in [0.25, 0.3) is 0 Å². The first-order chi connectivity index (χ1) is 10.1. The van der Waals surface area contributed by atoms with Crippen molar-refractivity contribution in [3.63, 3.8) is 0 Å². The summed E-state index contributed by atoms with van der Waals surface area (Å²) in [7, 11) is -3.75. The fraction of sp³-hybridized carbons (Fsp3) is 0.538. The van der Waals surface area contributed by atoms with Gasteiger partial charge in [0.2, 0.25) is 16.3 Å². The Kier molecular flexibility index (Phi) is 4.81. The highest BCUT2D eigenvalue weighted by molar-refractivity contribution is 7.89. The van der Waals surface area contributed by atoms with E-state index in [4.69, 9.17) is 5.14 Å². The van der Waals surface area contributed by atoms with Crippen LogP contribution >= 0.6 is 0 Å². The van der Waals surface area contributed by atoms with E-state index in [9.17, 15) is 26.7 Å². The van der Waals surface area contributed by atoms with Crippen LogP contribution in [0.15, 0.2) is 29.2 Å². The number of primary sulfonamides is 1. The average molecular weight is 338 g/mol. The number of nitrogens with two attached hydrogens (primary N) is 1. The summed E-state index contributed by atoms with van der Waals surface area (Å²) in [6.07, 6.45) is -6.16. The summed E-state index contributed by atoms with van der Waals surface area (Å²) in [6, 6.07) is 6.03. The van der Waals surface area contributed by atoms with Crippen LogP contribution in [-0.4, -0.2) is 43.9 Å². The van der Waals surface area contributed by atoms with Gasteiger partial charge in [0, 0.05) is 13.1 Å². The Morgan fingerprint density at radius 3 is 2.09 bits per heavy atom. The fourth-order valence-electron chi connectivity index (χ4n) is 2.61. The number of rotatable bonds is 3. The molecule has 0 bridgehead atoms. The monoisotopic (exact) mass is 338 g/mol. The molecule has 1 aliphatic rings. The van der Waals surface area contributed by atoms with Gasteiger partial charge in [-0.1, -0.05) is 12.1 Å². The van der Waals surface area contributed by atoms with Crippen LogP contribution in [0, 0.1) is 0 Å². The topological polar surface area (TPSA) is 83.6 Å². The third-order valence-electron chi connectivity index (χ3n) is 3.85. The van der Waals surface area contributed by atoms with Crippen molar-refractivity contribution in [2.24, 2.45) is 5.14 Å². The van der Waals surface area contributed by atoms with Crippen molar-refractivity contribution in [1.29, 1.82) is 0 Å². The maximum absolute atomic E-state index is 12.4. The number of benzene rings is 1. The summed E-state index contributed by atoms with van der Waals surface area (Å²) in [5.41, 5.74) is 0.855. The number of aliphatic hydroxyl groups excluding tert-OH is 1. The molecule has 1 aromatic rings. The molecule has 1 aromatic carbocycles. The standard InChI is InChI=1S/C13H17F3N2O3S/c14-13(15,16)12(19)18-7-5-10(6-8-18)9-1-3-11(4-2-9)22(17,20)21/h1-4,10,12,19H,5-8H2,(H2,17,20,21). The predicted octanol–water partition coefficient (Wildman–Crippen LogP) is 1.39. The summed E-state index contributed by atoms with van der Waals surface area (Å²) in [4.78, 5) is 0.996. The molecule has 22 heavy (non-hydrogen) atoms. The van der Waals surface area contributed by atoms with Gasteiger partial charge in [-0.25, -0.2) is 13.6 Å². The van der Waals surface area contributed by atoms with E-state index in [1.807, 2.05) is 0 Å². The van der Waals surface area contributed by atoms with Gasteiger partial charge in [-0.15, -0.1) is 0 Å². The molecule has 1 heterocycles. The fourth-order valence-corrected chi connectivity index (χ4v) is 3.13. The molecule has 1 atom stereocenters. The van der Waals surface area contributed by atoms with Crippen molar-refractivity contribution in [1.82, 2.24) is 4.90 Å². The van der Waals surface area contributed by atoms with E-state index >= 15 is 0 Å². The predicted molar refractivity (Wildman–Crippen MR) is 73.4 cm³/mol. The molecular weight excluding hydrogens is 321 g/mol. The first-order valence-electron chi connectivity index (χ1n) is 6.70. The molecular formula is C13H17F3N2O3S. The second kappa shape index (κ2) is 6.15. The van der Waals surface area contributed by atoms with E-state index in [0.717, 1.165) is 10.5 Å². The summed E-state index contributed by atoms with van der Waals surface area (Å²) in [5, 5.41) is 14.2. The summed E-state index contributed by atoms with van der Waals surface area (Å²) in [5.74, 6) is 0.0335. The zero-order valence-corrected chi connectivity index (χ0v) is 12.4. The highest BCUT2D eigenvalue weighted by Gasteiger charge is 2.43. The first kappa shape index (κ1) is 17.2. The molecule has 0 aromatic heterocycles. The lowest BCUT2D eigenvalue weighted by molar-refractivity contribution is -0.252. The van der Waals surface area contributed by atoms with Crippen LogP contribution in [0.5, 0.6) is 0 Å². The molecule has 9 heteroatoms. The molecule has 3 N–H and O–H groups in total. The second-order valence-electron chi connectivity index (χ2n) is 5.34. The molecule has 1 saturated heterocycles. The number of hydrogen-bond donors (Lipinski definition) is 2. The molecule has 124 valence electrons. The minimum Gasteiger partial charge on any atom is -0.370 e. The lowest BCUT2D eigenvalue weighted by Gasteiger charge is -2.35. The van der Waals surface area contributed by atoms with Crippen LogP contribution in [-0.2, 0) is 10.0 Å². The van der Waals surface area contributed by atoms with E-state index in [0.29, 0.717) is 12.8 Å². The van der Waals surface area contributed by atoms with Gasteiger partial charge < -0.3 is 5.11 Å². The molecule has 1 fully saturated rings. The third-order valence-corrected chi connectivity index (χ3v) is 4.78. The molecule has 0 aliphatic carbocycles. The van der Waals surface area contributed by atoms with Crippen LogP contribution in [0.25, 0.3) is 0 Å². The van der Waals surface area contributed by atoms with Crippen molar-refractivity contribution in [2.45, 2.75) is 36.1 Å². The Labute approximate surface area is 126 Å². The van der Waals surface area contributed by atoms with E-state index in [1.54, 1.807) is 12.1 Å². The van der Waals surface area contributed by atoms with Crippen LogP contribution in [0.2, 0.25) is 0 Å². The number of nitrogens with zero attached hydrogens (tertiary/aromatic N) is 1. The van der Waals surface area contributed by atoms with Crippen LogP contribution in [0.4, 0.5) is 13.2 Å². The Morgan fingerprint density at radius 1 is 1.18 bits per heavy atom. The maximum Gasteiger partial charge on any atom is 0.428 e. The van der Waals surface area contributed by atoms with E-state index < -0.39 is 22.4 Å². The largest absolute Gasteiger partial charge is 0.428 e. The Morgan fingerprint density at radius 2 is 1.68 bits per heavy atom. The minimum atomic E-state index is -4.65. The van der Waals surface area contributed by atoms with Crippen LogP contribution < -0.4 is 5.14 Å². The molecule has 1 aliphatic heterocycles. The van der Waals surface area contributed by atoms with Crippen molar-refractivity contribution >= 4 is 10.0 Å². The Bertz CT molecular complexity index is 608. The van der Waals surface area contributed by atoms with Gasteiger partial charge in [-0.3, -0.25) is 4.90 Å². The van der Waals surface area contributed by atoms with Gasteiger partial charge in [-0.05, 0) is 36.5 Å². The number of likely N-dealkylation sites (tertiary alicyclic amines) is 1. The van der Waals surface area contributed by atoms with Gasteiger partial charge >= 0.3 is 6.18 Å². The number of hydrogen-bond acceptors (Lipinski definition) is 4. The van der Waals surface area contributed by atoms with Crippen molar-refractivity contribution in [3.8, 4) is 0 Å². The highest BCUT2D eigenvalue weighted by Crippen LogP contribution is 2.32. The van der Waals surface area contributed by atoms with Crippen molar-refractivity contribution in [2.75, 3.05) is 13.1 Å². The zero-order valence-electron chi connectivity index (χ0n) is 11.6. The Hall–Kier alpha value is -1.16. The maximum atomic E-state index is 12.4. The van der Waals surface area contributed by atoms with Gasteiger partial charge in [-0.2, -0.15) is 13.2 Å². The quantitative estimate of drug-likeness (QED) is 0.872.